The molecule has 0 saturated carbocycles. The molecule has 0 N–H and O–H groups in total. The van der Waals surface area contributed by atoms with Crippen molar-refractivity contribution in [2.75, 3.05) is 6.61 Å². The number of rotatable bonds is 5. The lowest BCUT2D eigenvalue weighted by atomic mass is 10.1. The van der Waals surface area contributed by atoms with Gasteiger partial charge in [-0.2, -0.15) is 0 Å². The number of nitrogens with zero attached hydrogens (tertiary/aromatic N) is 1. The average Bonchev–Trinajstić information content (AvgIpc) is 3.05. The largest absolute Gasteiger partial charge is 0.461 e. The summed E-state index contributed by atoms with van der Waals surface area (Å²) in [7, 11) is 0. The van der Waals surface area contributed by atoms with Gasteiger partial charge in [0.25, 0.3) is 0 Å². The monoisotopic (exact) mass is 333 g/mol. The highest BCUT2D eigenvalue weighted by atomic mass is 16.5. The van der Waals surface area contributed by atoms with E-state index in [0.29, 0.717) is 11.7 Å². The maximum atomic E-state index is 12.2. The van der Waals surface area contributed by atoms with Crippen LogP contribution in [0.4, 0.5) is 0 Å². The first kappa shape index (κ1) is 16.7. The molecule has 0 saturated heterocycles. The van der Waals surface area contributed by atoms with E-state index in [2.05, 4.69) is 11.1 Å². The van der Waals surface area contributed by atoms with E-state index in [1.54, 1.807) is 13.0 Å². The van der Waals surface area contributed by atoms with Gasteiger partial charge in [0.15, 0.2) is 11.5 Å². The quantitative estimate of drug-likeness (QED) is 0.617. The molecule has 4 nitrogen and oxygen atoms in total. The van der Waals surface area contributed by atoms with Crippen LogP contribution in [0.5, 0.6) is 0 Å². The summed E-state index contributed by atoms with van der Waals surface area (Å²) in [4.78, 5) is 16.5. The molecule has 0 fully saturated rings. The molecule has 3 aromatic rings. The molecular weight excluding hydrogens is 314 g/mol. The van der Waals surface area contributed by atoms with Gasteiger partial charge in [-0.3, -0.25) is 0 Å². The molecule has 126 valence electrons. The van der Waals surface area contributed by atoms with Crippen molar-refractivity contribution < 1.29 is 13.9 Å². The second-order valence-electron chi connectivity index (χ2n) is 5.57. The molecule has 1 aromatic heterocycles. The highest BCUT2D eigenvalue weighted by Crippen LogP contribution is 2.24. The van der Waals surface area contributed by atoms with Gasteiger partial charge in [-0.15, -0.1) is 0 Å². The Hall–Kier alpha value is -3.14. The summed E-state index contributed by atoms with van der Waals surface area (Å²) in [6.45, 7) is 4.08. The minimum absolute atomic E-state index is 0.185. The Morgan fingerprint density at radius 1 is 1.12 bits per heavy atom. The van der Waals surface area contributed by atoms with Crippen molar-refractivity contribution in [3.05, 3.63) is 77.2 Å². The first-order valence-electron chi connectivity index (χ1n) is 8.15. The van der Waals surface area contributed by atoms with Gasteiger partial charge < -0.3 is 9.15 Å². The third-order valence-corrected chi connectivity index (χ3v) is 3.61. The SMILES string of the molecule is CCOC(=O)c1nc(-c2ccccc2)oc1/C=C/c1cccc(C)c1. The van der Waals surface area contributed by atoms with Gasteiger partial charge in [0, 0.05) is 5.56 Å². The summed E-state index contributed by atoms with van der Waals surface area (Å²) in [5, 5.41) is 0. The first-order valence-corrected chi connectivity index (χ1v) is 8.15. The van der Waals surface area contributed by atoms with Gasteiger partial charge >= 0.3 is 5.97 Å². The maximum Gasteiger partial charge on any atom is 0.360 e. The maximum absolute atomic E-state index is 12.2. The number of esters is 1. The van der Waals surface area contributed by atoms with E-state index < -0.39 is 5.97 Å². The molecule has 4 heteroatoms. The number of ether oxygens (including phenoxy) is 1. The summed E-state index contributed by atoms with van der Waals surface area (Å²) in [6, 6.07) is 17.5. The molecule has 0 atom stereocenters. The van der Waals surface area contributed by atoms with E-state index >= 15 is 0 Å². The normalized spacial score (nSPS) is 11.0. The number of aromatic nitrogens is 1. The fourth-order valence-corrected chi connectivity index (χ4v) is 2.44. The highest BCUT2D eigenvalue weighted by molar-refractivity contribution is 5.92. The number of hydrogen-bond acceptors (Lipinski definition) is 4. The molecule has 0 aliphatic rings. The Morgan fingerprint density at radius 2 is 1.92 bits per heavy atom. The van der Waals surface area contributed by atoms with Crippen LogP contribution < -0.4 is 0 Å². The van der Waals surface area contributed by atoms with Crippen LogP contribution in [0.25, 0.3) is 23.6 Å². The number of hydrogen-bond donors (Lipinski definition) is 0. The van der Waals surface area contributed by atoms with Crippen molar-refractivity contribution in [3.8, 4) is 11.5 Å². The van der Waals surface area contributed by atoms with Gasteiger partial charge in [-0.25, -0.2) is 9.78 Å². The first-order chi connectivity index (χ1) is 12.2. The van der Waals surface area contributed by atoms with Crippen LogP contribution >= 0.6 is 0 Å². The Labute approximate surface area is 146 Å². The highest BCUT2D eigenvalue weighted by Gasteiger charge is 2.20. The molecule has 0 aliphatic carbocycles. The predicted octanol–water partition coefficient (Wildman–Crippen LogP) is 5.00. The second-order valence-corrected chi connectivity index (χ2v) is 5.57. The zero-order valence-electron chi connectivity index (χ0n) is 14.2. The number of oxazole rings is 1. The van der Waals surface area contributed by atoms with E-state index in [4.69, 9.17) is 9.15 Å². The summed E-state index contributed by atoms with van der Waals surface area (Å²) in [5.74, 6) is 0.295. The van der Waals surface area contributed by atoms with E-state index in [1.807, 2.05) is 61.5 Å². The molecule has 2 aromatic carbocycles. The molecule has 0 spiro atoms. The van der Waals surface area contributed by atoms with Crippen molar-refractivity contribution in [1.29, 1.82) is 0 Å². The third-order valence-electron chi connectivity index (χ3n) is 3.61. The zero-order valence-corrected chi connectivity index (χ0v) is 14.2. The topological polar surface area (TPSA) is 52.3 Å². The van der Waals surface area contributed by atoms with Crippen LogP contribution in [0.3, 0.4) is 0 Å². The van der Waals surface area contributed by atoms with Crippen LogP contribution in [0.1, 0.15) is 34.3 Å². The lowest BCUT2D eigenvalue weighted by Gasteiger charge is -1.98. The van der Waals surface area contributed by atoms with Crippen LogP contribution in [-0.2, 0) is 4.74 Å². The van der Waals surface area contributed by atoms with Gasteiger partial charge in [-0.1, -0.05) is 54.1 Å². The molecule has 3 rings (SSSR count). The van der Waals surface area contributed by atoms with Crippen LogP contribution in [0, 0.1) is 6.92 Å². The van der Waals surface area contributed by atoms with Gasteiger partial charge in [0.2, 0.25) is 5.89 Å². The lowest BCUT2D eigenvalue weighted by Crippen LogP contribution is -2.06. The summed E-state index contributed by atoms with van der Waals surface area (Å²) in [5.41, 5.74) is 3.18. The fourth-order valence-electron chi connectivity index (χ4n) is 2.44. The summed E-state index contributed by atoms with van der Waals surface area (Å²) in [6.07, 6.45) is 3.64. The molecule has 1 heterocycles. The van der Waals surface area contributed by atoms with Crippen molar-refractivity contribution in [1.82, 2.24) is 4.98 Å². The van der Waals surface area contributed by atoms with Gasteiger partial charge in [0.1, 0.15) is 0 Å². The summed E-state index contributed by atoms with van der Waals surface area (Å²) >= 11 is 0. The van der Waals surface area contributed by atoms with E-state index in [1.165, 1.54) is 0 Å². The number of benzene rings is 2. The standard InChI is InChI=1S/C21H19NO3/c1-3-24-21(23)19-18(13-12-16-9-7-8-15(2)14-16)25-20(22-19)17-10-5-4-6-11-17/h4-14H,3H2,1-2H3/b13-12+. The molecular formula is C21H19NO3. The van der Waals surface area contributed by atoms with E-state index in [-0.39, 0.29) is 12.3 Å². The van der Waals surface area contributed by atoms with Gasteiger partial charge in [0.05, 0.1) is 6.61 Å². The third kappa shape index (κ3) is 4.04. The Bertz CT molecular complexity index is 895. The fraction of sp³-hybridized carbons (Fsp3) is 0.143. The van der Waals surface area contributed by atoms with Crippen LogP contribution in [0.15, 0.2) is 59.0 Å². The van der Waals surface area contributed by atoms with E-state index in [0.717, 1.165) is 16.7 Å². The Morgan fingerprint density at radius 3 is 2.64 bits per heavy atom. The molecule has 0 amide bonds. The minimum Gasteiger partial charge on any atom is -0.461 e. The number of aryl methyl sites for hydroxylation is 1. The van der Waals surface area contributed by atoms with Crippen LogP contribution in [0.2, 0.25) is 0 Å². The van der Waals surface area contributed by atoms with Gasteiger partial charge in [-0.05, 0) is 37.6 Å². The molecule has 0 unspecified atom stereocenters. The molecule has 0 radical (unpaired) electrons. The van der Waals surface area contributed by atoms with E-state index in [9.17, 15) is 4.79 Å². The van der Waals surface area contributed by atoms with Crippen molar-refractivity contribution in [2.45, 2.75) is 13.8 Å². The van der Waals surface area contributed by atoms with Crippen molar-refractivity contribution in [3.63, 3.8) is 0 Å². The predicted molar refractivity (Wildman–Crippen MR) is 98.0 cm³/mol. The lowest BCUT2D eigenvalue weighted by molar-refractivity contribution is 0.0519. The van der Waals surface area contributed by atoms with Crippen molar-refractivity contribution >= 4 is 18.1 Å². The number of carbonyl (C=O) groups is 1. The number of carbonyl (C=O) groups excluding carboxylic acids is 1. The zero-order chi connectivity index (χ0) is 17.6. The molecule has 0 aliphatic heterocycles. The van der Waals surface area contributed by atoms with Crippen molar-refractivity contribution in [2.24, 2.45) is 0 Å². The second kappa shape index (κ2) is 7.62. The van der Waals surface area contributed by atoms with Crippen LogP contribution in [-0.4, -0.2) is 17.6 Å². The Kier molecular flexibility index (Phi) is 5.09. The molecule has 0 bridgehead atoms. The average molecular weight is 333 g/mol. The molecule has 25 heavy (non-hydrogen) atoms. The summed E-state index contributed by atoms with van der Waals surface area (Å²) < 4.78 is 10.9. The Balaban J connectivity index is 1.98. The minimum atomic E-state index is -0.489. The smallest absolute Gasteiger partial charge is 0.360 e.